The van der Waals surface area contributed by atoms with Crippen molar-refractivity contribution in [2.45, 2.75) is 19.4 Å². The molecular weight excluding hydrogens is 375 g/mol. The molecule has 134 valence electrons. The number of halogens is 2. The lowest BCUT2D eigenvalue weighted by atomic mass is 10.1. The quantitative estimate of drug-likeness (QED) is 0.422. The number of benzene rings is 2. The molecule has 3 rings (SSSR count). The van der Waals surface area contributed by atoms with Crippen LogP contribution in [-0.4, -0.2) is 23.5 Å². The molecule has 0 N–H and O–H groups in total. The molecular formula is C19H16Cl2N2O3. The Morgan fingerprint density at radius 3 is 2.73 bits per heavy atom. The lowest BCUT2D eigenvalue weighted by molar-refractivity contribution is -0.143. The molecule has 5 nitrogen and oxygen atoms in total. The predicted octanol–water partition coefficient (Wildman–Crippen LogP) is 4.15. The average Bonchev–Trinajstić information content (AvgIpc) is 2.90. The van der Waals surface area contributed by atoms with E-state index in [2.05, 4.69) is 5.16 Å². The van der Waals surface area contributed by atoms with Gasteiger partial charge in [-0.25, -0.2) is 4.79 Å². The van der Waals surface area contributed by atoms with Gasteiger partial charge in [-0.15, -0.1) is 11.6 Å². The summed E-state index contributed by atoms with van der Waals surface area (Å²) >= 11 is 11.6. The summed E-state index contributed by atoms with van der Waals surface area (Å²) in [7, 11) is 0. The fourth-order valence-electron chi connectivity index (χ4n) is 2.68. The summed E-state index contributed by atoms with van der Waals surface area (Å²) in [5, 5.41) is 4.42. The topological polar surface area (TPSA) is 59.0 Å². The molecule has 1 aliphatic rings. The summed E-state index contributed by atoms with van der Waals surface area (Å²) < 4.78 is 0. The summed E-state index contributed by atoms with van der Waals surface area (Å²) in [6, 6.07) is 14.6. The molecule has 0 spiro atoms. The van der Waals surface area contributed by atoms with Gasteiger partial charge in [0.05, 0.1) is 12.2 Å². The predicted molar refractivity (Wildman–Crippen MR) is 102 cm³/mol. The highest BCUT2D eigenvalue weighted by Crippen LogP contribution is 2.31. The molecule has 0 bridgehead atoms. The van der Waals surface area contributed by atoms with Gasteiger partial charge in [0.1, 0.15) is 0 Å². The first-order chi connectivity index (χ1) is 12.6. The number of fused-ring (bicyclic) bond motifs is 1. The highest BCUT2D eigenvalue weighted by atomic mass is 35.5. The number of para-hydroxylation sites is 1. The van der Waals surface area contributed by atoms with Crippen molar-refractivity contribution in [2.24, 2.45) is 5.16 Å². The third-order valence-electron chi connectivity index (χ3n) is 3.88. The smallest absolute Gasteiger partial charge is 0.317 e. The van der Waals surface area contributed by atoms with E-state index in [9.17, 15) is 9.59 Å². The van der Waals surface area contributed by atoms with Gasteiger partial charge in [0.15, 0.2) is 5.71 Å². The summed E-state index contributed by atoms with van der Waals surface area (Å²) in [5.74, 6) is -0.478. The van der Waals surface area contributed by atoms with Crippen molar-refractivity contribution in [1.82, 2.24) is 0 Å². The first kappa shape index (κ1) is 18.4. The Morgan fingerprint density at radius 1 is 1.15 bits per heavy atom. The molecule has 1 aliphatic heterocycles. The number of carbonyl (C=O) groups excluding carboxylic acids is 2. The maximum Gasteiger partial charge on any atom is 0.335 e. The molecule has 0 saturated carbocycles. The van der Waals surface area contributed by atoms with Crippen LogP contribution in [0.15, 0.2) is 53.7 Å². The van der Waals surface area contributed by atoms with Gasteiger partial charge in [0.25, 0.3) is 5.91 Å². The zero-order valence-electron chi connectivity index (χ0n) is 13.8. The Bertz CT molecular complexity index is 867. The third kappa shape index (κ3) is 4.06. The Balaban J connectivity index is 1.85. The fraction of sp³-hybridized carbons (Fsp3) is 0.211. The van der Waals surface area contributed by atoms with Crippen LogP contribution in [0.2, 0.25) is 5.02 Å². The summed E-state index contributed by atoms with van der Waals surface area (Å²) in [4.78, 5) is 31.0. The Hall–Kier alpha value is -2.37. The normalized spacial score (nSPS) is 14.6. The first-order valence-corrected chi connectivity index (χ1v) is 9.01. The maximum absolute atomic E-state index is 12.8. The molecule has 0 atom stereocenters. The van der Waals surface area contributed by atoms with Crippen molar-refractivity contribution in [1.29, 1.82) is 0 Å². The van der Waals surface area contributed by atoms with Gasteiger partial charge in [-0.3, -0.25) is 4.79 Å². The number of hydrogen-bond acceptors (Lipinski definition) is 4. The number of hydrogen-bond donors (Lipinski definition) is 0. The molecule has 0 radical (unpaired) electrons. The van der Waals surface area contributed by atoms with E-state index in [1.807, 2.05) is 24.3 Å². The van der Waals surface area contributed by atoms with E-state index >= 15 is 0 Å². The molecule has 1 heterocycles. The van der Waals surface area contributed by atoms with Gasteiger partial charge in [-0.1, -0.05) is 47.1 Å². The van der Waals surface area contributed by atoms with Crippen molar-refractivity contribution in [3.05, 3.63) is 64.7 Å². The molecule has 0 fully saturated rings. The van der Waals surface area contributed by atoms with Gasteiger partial charge in [-0.2, -0.15) is 0 Å². The second kappa shape index (κ2) is 8.34. The molecule has 0 saturated heterocycles. The highest BCUT2D eigenvalue weighted by Gasteiger charge is 2.34. The van der Waals surface area contributed by atoms with E-state index in [1.165, 1.54) is 0 Å². The number of nitrogens with zero attached hydrogens (tertiary/aromatic N) is 2. The van der Waals surface area contributed by atoms with E-state index in [0.717, 1.165) is 5.56 Å². The monoisotopic (exact) mass is 390 g/mol. The minimum atomic E-state index is -0.517. The minimum Gasteiger partial charge on any atom is -0.317 e. The first-order valence-electron chi connectivity index (χ1n) is 8.09. The van der Waals surface area contributed by atoms with Crippen molar-refractivity contribution < 1.29 is 14.4 Å². The number of rotatable bonds is 6. The van der Waals surface area contributed by atoms with Crippen LogP contribution >= 0.6 is 23.2 Å². The van der Waals surface area contributed by atoms with Crippen LogP contribution in [0.25, 0.3) is 0 Å². The van der Waals surface area contributed by atoms with Crippen LogP contribution in [0.5, 0.6) is 0 Å². The SMILES string of the molecule is O=C(CCCCl)O/N=C1/C(=O)N(Cc2cccc(Cl)c2)c2ccccc21. The molecule has 0 aromatic heterocycles. The molecule has 2 aromatic rings. The van der Waals surface area contributed by atoms with Crippen LogP contribution < -0.4 is 4.90 Å². The van der Waals surface area contributed by atoms with Crippen molar-refractivity contribution >= 4 is 46.5 Å². The zero-order chi connectivity index (χ0) is 18.5. The molecule has 1 amide bonds. The molecule has 0 unspecified atom stereocenters. The van der Waals surface area contributed by atoms with Crippen LogP contribution in [-0.2, 0) is 21.0 Å². The maximum atomic E-state index is 12.8. The number of amides is 1. The van der Waals surface area contributed by atoms with E-state index in [4.69, 9.17) is 28.0 Å². The molecule has 7 heteroatoms. The summed E-state index contributed by atoms with van der Waals surface area (Å²) in [6.45, 7) is 0.343. The van der Waals surface area contributed by atoms with Crippen molar-refractivity contribution in [3.63, 3.8) is 0 Å². The number of carbonyl (C=O) groups is 2. The van der Waals surface area contributed by atoms with E-state index in [-0.39, 0.29) is 18.0 Å². The van der Waals surface area contributed by atoms with Gasteiger partial charge in [0.2, 0.25) is 0 Å². The van der Waals surface area contributed by atoms with Crippen LogP contribution in [0.3, 0.4) is 0 Å². The second-order valence-corrected chi connectivity index (χ2v) is 6.55. The number of anilines is 1. The van der Waals surface area contributed by atoms with Gasteiger partial charge >= 0.3 is 5.97 Å². The van der Waals surface area contributed by atoms with Gasteiger partial charge in [-0.05, 0) is 30.2 Å². The molecule has 2 aromatic carbocycles. The minimum absolute atomic E-state index is 0.113. The Morgan fingerprint density at radius 2 is 1.96 bits per heavy atom. The summed E-state index contributed by atoms with van der Waals surface area (Å²) in [5.41, 5.74) is 2.35. The standard InChI is InChI=1S/C19H16Cl2N2O3/c20-10-4-9-17(24)26-22-18-15-7-1-2-8-16(15)23(19(18)25)12-13-5-3-6-14(21)11-13/h1-3,5-8,11H,4,9-10,12H2/b22-18+. The van der Waals surface area contributed by atoms with Crippen molar-refractivity contribution in [3.8, 4) is 0 Å². The zero-order valence-corrected chi connectivity index (χ0v) is 15.3. The summed E-state index contributed by atoms with van der Waals surface area (Å²) in [6.07, 6.45) is 0.652. The van der Waals surface area contributed by atoms with Gasteiger partial charge < -0.3 is 9.74 Å². The Kier molecular flexibility index (Phi) is 5.91. The van der Waals surface area contributed by atoms with E-state index < -0.39 is 5.97 Å². The Labute approximate surface area is 161 Å². The highest BCUT2D eigenvalue weighted by molar-refractivity contribution is 6.54. The van der Waals surface area contributed by atoms with Crippen LogP contribution in [0, 0.1) is 0 Å². The van der Waals surface area contributed by atoms with E-state index in [1.54, 1.807) is 29.2 Å². The lowest BCUT2D eigenvalue weighted by Gasteiger charge is -2.16. The number of alkyl halides is 1. The third-order valence-corrected chi connectivity index (χ3v) is 4.38. The van der Waals surface area contributed by atoms with E-state index in [0.29, 0.717) is 35.1 Å². The van der Waals surface area contributed by atoms with Crippen LogP contribution in [0.4, 0.5) is 5.69 Å². The molecule has 26 heavy (non-hydrogen) atoms. The van der Waals surface area contributed by atoms with Crippen LogP contribution in [0.1, 0.15) is 24.0 Å². The second-order valence-electron chi connectivity index (χ2n) is 5.73. The fourth-order valence-corrected chi connectivity index (χ4v) is 3.02. The molecule has 0 aliphatic carbocycles. The largest absolute Gasteiger partial charge is 0.335 e. The average molecular weight is 391 g/mol. The van der Waals surface area contributed by atoms with Crippen molar-refractivity contribution in [2.75, 3.05) is 10.8 Å². The number of oxime groups is 1. The lowest BCUT2D eigenvalue weighted by Crippen LogP contribution is -2.29. The van der Waals surface area contributed by atoms with Gasteiger partial charge in [0, 0.05) is 22.9 Å².